The first-order valence-electron chi connectivity index (χ1n) is 16.2. The van der Waals surface area contributed by atoms with Crippen LogP contribution in [-0.2, 0) is 19.1 Å². The van der Waals surface area contributed by atoms with E-state index < -0.39 is 69.2 Å². The van der Waals surface area contributed by atoms with E-state index in [1.165, 1.54) is 41.5 Å². The zero-order valence-electron chi connectivity index (χ0n) is 28.2. The predicted octanol–water partition coefficient (Wildman–Crippen LogP) is 5.14. The van der Waals surface area contributed by atoms with Gasteiger partial charge in [0.15, 0.2) is 17.6 Å². The molecule has 3 aliphatic heterocycles. The molecule has 2 saturated heterocycles. The first kappa shape index (κ1) is 34.0. The zero-order valence-corrected chi connectivity index (χ0v) is 28.2. The number of rotatable bonds is 6. The number of ether oxygens (including phenoxy) is 2. The molecule has 1 aliphatic carbocycles. The quantitative estimate of drug-likeness (QED) is 0.0907. The lowest BCUT2D eigenvalue weighted by atomic mass is 9.85. The molecule has 0 aromatic heterocycles. The van der Waals surface area contributed by atoms with E-state index in [4.69, 9.17) is 13.9 Å². The minimum atomic E-state index is -2.45. The minimum Gasteiger partial charge on any atom is -0.545 e. The highest BCUT2D eigenvalue weighted by Gasteiger charge is 2.43. The van der Waals surface area contributed by atoms with Crippen molar-refractivity contribution in [3.8, 4) is 22.5 Å². The molecule has 2 aromatic carbocycles. The van der Waals surface area contributed by atoms with Crippen LogP contribution in [0.4, 0.5) is 18.9 Å². The van der Waals surface area contributed by atoms with Crippen LogP contribution in [0.3, 0.4) is 0 Å². The predicted molar refractivity (Wildman–Crippen MR) is 173 cm³/mol. The molecule has 0 spiro atoms. The number of hydrogen-bond acceptors (Lipinski definition) is 8. The Morgan fingerprint density at radius 1 is 0.837 bits per heavy atom. The van der Waals surface area contributed by atoms with E-state index in [0.717, 1.165) is 50.1 Å². The highest BCUT2D eigenvalue weighted by atomic mass is 19.2. The maximum absolute atomic E-state index is 17.3. The molecular formula is C37H37F3N2O7. The second kappa shape index (κ2) is 12.2. The van der Waals surface area contributed by atoms with Crippen molar-refractivity contribution in [3.05, 3.63) is 70.3 Å². The van der Waals surface area contributed by atoms with Gasteiger partial charge in [-0.05, 0) is 66.2 Å². The third kappa shape index (κ3) is 6.36. The molecular weight excluding hydrogens is 641 g/mol. The zero-order chi connectivity index (χ0) is 35.6. The Morgan fingerprint density at radius 2 is 1.47 bits per heavy atom. The average molecular weight is 679 g/mol. The summed E-state index contributed by atoms with van der Waals surface area (Å²) in [7, 11) is 0. The Morgan fingerprint density at radius 3 is 1.98 bits per heavy atom. The molecule has 9 nitrogen and oxygen atoms in total. The number of anilines is 1. The second-order valence-corrected chi connectivity index (χ2v) is 14.4. The molecule has 6 rings (SSSR count). The van der Waals surface area contributed by atoms with Gasteiger partial charge >= 0.3 is 11.9 Å². The van der Waals surface area contributed by atoms with Crippen molar-refractivity contribution < 1.29 is 46.6 Å². The van der Waals surface area contributed by atoms with Gasteiger partial charge in [0.25, 0.3) is 0 Å². The summed E-state index contributed by atoms with van der Waals surface area (Å²) in [5, 5.41) is 13.6. The lowest BCUT2D eigenvalue weighted by molar-refractivity contribution is -0.255. The molecule has 0 N–H and O–H groups in total. The summed E-state index contributed by atoms with van der Waals surface area (Å²) < 4.78 is 68.6. The van der Waals surface area contributed by atoms with E-state index in [1.807, 2.05) is 0 Å². The van der Waals surface area contributed by atoms with E-state index in [9.17, 15) is 19.5 Å². The average Bonchev–Trinajstić information content (AvgIpc) is 2.91. The second-order valence-electron chi connectivity index (χ2n) is 14.4. The van der Waals surface area contributed by atoms with Gasteiger partial charge in [-0.3, -0.25) is 9.59 Å². The fraction of sp³-hybridized carbons (Fsp3) is 0.405. The van der Waals surface area contributed by atoms with Crippen molar-refractivity contribution in [1.82, 2.24) is 4.58 Å². The smallest absolute Gasteiger partial charge is 0.325 e. The molecule has 3 heterocycles. The number of benzene rings is 3. The standard InChI is InChI=1S/C37H37F3N2O7/c1-36(2,3)48-34(45)29(35(46)49-37(4,5)6)27-30(38)26(28(33(43)44)32(40)31(27)39)25-21-11-9-19(41-13-7-14-41)17-23(21)47-24-18-20(10-12-22(24)25)42-15-8-16-42/h9-12,17-18,29H,7-8,13-16H2,1-6H3. The summed E-state index contributed by atoms with van der Waals surface area (Å²) in [6, 6.07) is 10.1. The Balaban J connectivity index is 1.72. The summed E-state index contributed by atoms with van der Waals surface area (Å²) >= 11 is 0. The monoisotopic (exact) mass is 678 g/mol. The first-order valence-corrected chi connectivity index (χ1v) is 16.2. The van der Waals surface area contributed by atoms with Gasteiger partial charge in [0.1, 0.15) is 41.5 Å². The Kier molecular flexibility index (Phi) is 8.49. The van der Waals surface area contributed by atoms with Crippen LogP contribution in [0.25, 0.3) is 33.4 Å². The SMILES string of the molecule is CC(C)(C)OC(=O)C(C(=O)OC(C)(C)C)c1c(F)c(F)c(C(=O)[O-])c(-c2c3ccc(=[N+]4CCC4)cc-3oc3cc(N4CCC4)ccc23)c1F. The number of halogens is 3. The van der Waals surface area contributed by atoms with Crippen LogP contribution in [0, 0.1) is 17.5 Å². The molecule has 2 fully saturated rings. The summed E-state index contributed by atoms with van der Waals surface area (Å²) in [5.41, 5.74) is -5.09. The molecule has 0 amide bonds. The van der Waals surface area contributed by atoms with Gasteiger partial charge in [-0.1, -0.05) is 0 Å². The minimum absolute atomic E-state index is 0.148. The van der Waals surface area contributed by atoms with E-state index in [2.05, 4.69) is 9.48 Å². The Labute approximate surface area is 280 Å². The van der Waals surface area contributed by atoms with Crippen LogP contribution < -0.4 is 19.9 Å². The Hall–Kier alpha value is -4.87. The van der Waals surface area contributed by atoms with Crippen molar-refractivity contribution in [3.63, 3.8) is 0 Å². The van der Waals surface area contributed by atoms with E-state index in [-0.39, 0.29) is 27.9 Å². The number of carboxylic acids is 1. The maximum atomic E-state index is 17.3. The van der Waals surface area contributed by atoms with Crippen molar-refractivity contribution in [2.45, 2.75) is 71.5 Å². The highest BCUT2D eigenvalue weighted by Crippen LogP contribution is 2.46. The number of carboxylic acid groups (broad SMARTS) is 1. The summed E-state index contributed by atoms with van der Waals surface area (Å²) in [5.74, 6) is -13.0. The first-order chi connectivity index (χ1) is 22.9. The summed E-state index contributed by atoms with van der Waals surface area (Å²) in [6.45, 7) is 12.1. The van der Waals surface area contributed by atoms with E-state index in [1.54, 1.807) is 36.4 Å². The fourth-order valence-electron chi connectivity index (χ4n) is 6.09. The number of aromatic carboxylic acids is 1. The van der Waals surface area contributed by atoms with Crippen LogP contribution in [0.1, 0.15) is 76.2 Å². The number of hydrogen-bond donors (Lipinski definition) is 0. The summed E-state index contributed by atoms with van der Waals surface area (Å²) in [6.07, 6.45) is 1.98. The van der Waals surface area contributed by atoms with Crippen LogP contribution in [0.15, 0.2) is 40.8 Å². The lowest BCUT2D eigenvalue weighted by Gasteiger charge is -2.33. The van der Waals surface area contributed by atoms with Gasteiger partial charge in [0, 0.05) is 58.5 Å². The molecule has 12 heteroatoms. The van der Waals surface area contributed by atoms with Crippen LogP contribution in [-0.4, -0.2) is 55.3 Å². The van der Waals surface area contributed by atoms with E-state index >= 15 is 13.2 Å². The molecule has 0 atom stereocenters. The van der Waals surface area contributed by atoms with Crippen LogP contribution in [0.2, 0.25) is 0 Å². The molecule has 2 aromatic rings. The summed E-state index contributed by atoms with van der Waals surface area (Å²) in [4.78, 5) is 41.7. The molecule has 0 radical (unpaired) electrons. The third-order valence-electron chi connectivity index (χ3n) is 8.51. The number of esters is 2. The van der Waals surface area contributed by atoms with Gasteiger partial charge in [-0.2, -0.15) is 0 Å². The van der Waals surface area contributed by atoms with Crippen LogP contribution >= 0.6 is 0 Å². The molecule has 4 aliphatic rings. The van der Waals surface area contributed by atoms with Crippen molar-refractivity contribution in [2.24, 2.45) is 0 Å². The van der Waals surface area contributed by atoms with Gasteiger partial charge in [0.05, 0.1) is 24.0 Å². The topological polar surface area (TPSA) is 112 Å². The van der Waals surface area contributed by atoms with Gasteiger partial charge in [-0.25, -0.2) is 17.7 Å². The van der Waals surface area contributed by atoms with Crippen molar-refractivity contribution >= 4 is 34.6 Å². The van der Waals surface area contributed by atoms with Gasteiger partial charge < -0.3 is 28.7 Å². The lowest BCUT2D eigenvalue weighted by Crippen LogP contribution is -2.40. The molecule has 0 unspecified atom stereocenters. The molecule has 49 heavy (non-hydrogen) atoms. The highest BCUT2D eigenvalue weighted by molar-refractivity contribution is 6.09. The number of nitrogens with zero attached hydrogens (tertiary/aromatic N) is 2. The molecule has 258 valence electrons. The van der Waals surface area contributed by atoms with Gasteiger partial charge in [-0.15, -0.1) is 0 Å². The van der Waals surface area contributed by atoms with Crippen molar-refractivity contribution in [1.29, 1.82) is 0 Å². The van der Waals surface area contributed by atoms with Crippen molar-refractivity contribution in [2.75, 3.05) is 31.1 Å². The van der Waals surface area contributed by atoms with Gasteiger partial charge in [0.2, 0.25) is 5.36 Å². The normalized spacial score (nSPS) is 15.0. The maximum Gasteiger partial charge on any atom is 0.325 e. The fourth-order valence-corrected chi connectivity index (χ4v) is 6.09. The third-order valence-corrected chi connectivity index (χ3v) is 8.51. The number of carbonyl (C=O) groups is 3. The Bertz CT molecular complexity index is 2040. The molecule has 0 bridgehead atoms. The number of carbonyl (C=O) groups excluding carboxylic acids is 3. The largest absolute Gasteiger partial charge is 0.545 e. The van der Waals surface area contributed by atoms with Crippen LogP contribution in [0.5, 0.6) is 0 Å². The number of fused-ring (bicyclic) bond motifs is 2. The molecule has 0 saturated carbocycles. The van der Waals surface area contributed by atoms with E-state index in [0.29, 0.717) is 0 Å².